The van der Waals surface area contributed by atoms with E-state index in [9.17, 15) is 14.9 Å². The van der Waals surface area contributed by atoms with Crippen LogP contribution in [0.25, 0.3) is 10.9 Å². The van der Waals surface area contributed by atoms with Crippen LogP contribution in [0.2, 0.25) is 0 Å². The molecule has 0 spiro atoms. The Balaban J connectivity index is 1.36. The largest absolute Gasteiger partial charge is 0.496 e. The van der Waals surface area contributed by atoms with Crippen LogP contribution in [0.3, 0.4) is 0 Å². The number of rotatable bonds is 12. The molecule has 1 aromatic carbocycles. The van der Waals surface area contributed by atoms with Crippen LogP contribution in [0.15, 0.2) is 42.7 Å². The third kappa shape index (κ3) is 8.19. The molecule has 45 heavy (non-hydrogen) atoms. The highest BCUT2D eigenvalue weighted by Gasteiger charge is 2.33. The number of pyridine rings is 1. The number of nitrogens with one attached hydrogen (secondary N) is 5. The number of ether oxygens (including phenoxy) is 2. The number of carbonyl (C=O) groups excluding carboxylic acids is 2. The van der Waals surface area contributed by atoms with Gasteiger partial charge in [-0.05, 0) is 92.3 Å². The highest BCUT2D eigenvalue weighted by molar-refractivity contribution is 6.01. The van der Waals surface area contributed by atoms with Crippen LogP contribution in [0.4, 0.5) is 0 Å². The van der Waals surface area contributed by atoms with Crippen LogP contribution in [0.5, 0.6) is 5.75 Å². The first kappa shape index (κ1) is 32.4. The van der Waals surface area contributed by atoms with Gasteiger partial charge in [0.2, 0.25) is 5.91 Å². The summed E-state index contributed by atoms with van der Waals surface area (Å²) in [5, 5.41) is 24.2. The van der Waals surface area contributed by atoms with Crippen molar-refractivity contribution in [2.45, 2.75) is 76.5 Å². The molecule has 2 amide bonds. The second-order valence-electron chi connectivity index (χ2n) is 12.6. The molecule has 240 valence electrons. The molecule has 1 saturated heterocycles. The maximum absolute atomic E-state index is 14.0. The lowest BCUT2D eigenvalue weighted by molar-refractivity contribution is -0.124. The molecule has 5 N–H and O–H groups in total. The van der Waals surface area contributed by atoms with Crippen molar-refractivity contribution in [2.75, 3.05) is 27.0 Å². The lowest BCUT2D eigenvalue weighted by Crippen LogP contribution is -2.56. The Bertz CT molecular complexity index is 1490. The van der Waals surface area contributed by atoms with Gasteiger partial charge >= 0.3 is 0 Å². The van der Waals surface area contributed by atoms with Crippen molar-refractivity contribution >= 4 is 22.7 Å². The summed E-state index contributed by atoms with van der Waals surface area (Å²) in [6, 6.07) is 9.82. The molecule has 1 fully saturated rings. The minimum atomic E-state index is -0.792. The topological polar surface area (TPSA) is 153 Å². The van der Waals surface area contributed by atoms with Gasteiger partial charge in [0, 0.05) is 29.3 Å². The van der Waals surface area contributed by atoms with Crippen molar-refractivity contribution in [1.29, 1.82) is 5.26 Å². The number of fused-ring (bicyclic) bond motifs is 2. The molecular formula is C34H45N7O4. The zero-order valence-electron chi connectivity index (χ0n) is 26.4. The van der Waals surface area contributed by atoms with E-state index in [1.54, 1.807) is 13.2 Å². The number of hydrogen-bond donors (Lipinski definition) is 5. The predicted molar refractivity (Wildman–Crippen MR) is 171 cm³/mol. The van der Waals surface area contributed by atoms with Gasteiger partial charge in [0.1, 0.15) is 23.5 Å². The van der Waals surface area contributed by atoms with Gasteiger partial charge in [-0.2, -0.15) is 5.26 Å². The molecule has 2 aliphatic rings. The molecule has 1 aliphatic heterocycles. The summed E-state index contributed by atoms with van der Waals surface area (Å²) < 4.78 is 11.2. The van der Waals surface area contributed by atoms with Crippen molar-refractivity contribution in [1.82, 2.24) is 31.2 Å². The fourth-order valence-corrected chi connectivity index (χ4v) is 6.50. The Hall–Kier alpha value is -3.98. The molecular weight excluding hydrogens is 570 g/mol. The molecule has 11 nitrogen and oxygen atoms in total. The van der Waals surface area contributed by atoms with Gasteiger partial charge in [0.05, 0.1) is 32.6 Å². The van der Waals surface area contributed by atoms with Crippen molar-refractivity contribution < 1.29 is 19.1 Å². The molecule has 11 heteroatoms. The summed E-state index contributed by atoms with van der Waals surface area (Å²) >= 11 is 0. The number of amides is 2. The van der Waals surface area contributed by atoms with E-state index in [1.165, 1.54) is 5.56 Å². The molecule has 0 saturated carbocycles. The number of hydrogen-bond acceptors (Lipinski definition) is 8. The van der Waals surface area contributed by atoms with Gasteiger partial charge < -0.3 is 25.1 Å². The molecule has 1 aliphatic carbocycles. The average Bonchev–Trinajstić information content (AvgIpc) is 3.33. The van der Waals surface area contributed by atoms with Crippen molar-refractivity contribution in [3.05, 3.63) is 59.5 Å². The molecule has 0 bridgehead atoms. The van der Waals surface area contributed by atoms with Crippen LogP contribution in [-0.4, -0.2) is 66.9 Å². The van der Waals surface area contributed by atoms with Gasteiger partial charge in [-0.25, -0.2) is 0 Å². The minimum absolute atomic E-state index is 0.0382. The molecule has 5 atom stereocenters. The Kier molecular flexibility index (Phi) is 11.1. The van der Waals surface area contributed by atoms with E-state index in [2.05, 4.69) is 37.3 Å². The Morgan fingerprint density at radius 1 is 1.22 bits per heavy atom. The first-order valence-electron chi connectivity index (χ1n) is 16.0. The number of H-pyrrole nitrogens is 1. The van der Waals surface area contributed by atoms with Gasteiger partial charge in [0.25, 0.3) is 5.91 Å². The van der Waals surface area contributed by atoms with Crippen LogP contribution >= 0.6 is 0 Å². The third-order valence-electron chi connectivity index (χ3n) is 8.80. The predicted octanol–water partition coefficient (Wildman–Crippen LogP) is 3.73. The third-order valence-corrected chi connectivity index (χ3v) is 8.80. The molecule has 3 heterocycles. The first-order valence-corrected chi connectivity index (χ1v) is 16.0. The van der Waals surface area contributed by atoms with E-state index >= 15 is 0 Å². The number of aromatic amines is 1. The Morgan fingerprint density at radius 3 is 2.89 bits per heavy atom. The minimum Gasteiger partial charge on any atom is -0.496 e. The number of benzene rings is 1. The SMILES string of the molecule is COc1cccc2[nH]c(C(=O)N[C@@H](CC(C)C)C(=O)N[C@@H](C[C@@H]3CCNCOC3)C(C#N)N[C@H]3CCCc4ccncc43)cc12. The maximum atomic E-state index is 14.0. The lowest BCUT2D eigenvalue weighted by atomic mass is 9.87. The number of aryl methyl sites for hydroxylation is 1. The normalized spacial score (nSPS) is 20.3. The van der Waals surface area contributed by atoms with Crippen molar-refractivity contribution in [3.8, 4) is 11.8 Å². The van der Waals surface area contributed by atoms with Crippen molar-refractivity contribution in [2.24, 2.45) is 11.8 Å². The van der Waals surface area contributed by atoms with E-state index < -0.39 is 18.1 Å². The summed E-state index contributed by atoms with van der Waals surface area (Å²) in [5.74, 6) is 0.264. The zero-order chi connectivity index (χ0) is 31.8. The molecule has 3 aromatic rings. The highest BCUT2D eigenvalue weighted by Crippen LogP contribution is 2.30. The summed E-state index contributed by atoms with van der Waals surface area (Å²) in [4.78, 5) is 35.0. The van der Waals surface area contributed by atoms with E-state index in [-0.39, 0.29) is 29.7 Å². The van der Waals surface area contributed by atoms with E-state index in [0.29, 0.717) is 37.6 Å². The van der Waals surface area contributed by atoms with Gasteiger partial charge in [-0.3, -0.25) is 25.2 Å². The Morgan fingerprint density at radius 2 is 2.09 bits per heavy atom. The maximum Gasteiger partial charge on any atom is 0.268 e. The first-order chi connectivity index (χ1) is 21.9. The monoisotopic (exact) mass is 615 g/mol. The fraction of sp³-hybridized carbons (Fsp3) is 0.529. The number of aromatic nitrogens is 2. The number of nitrogens with zero attached hydrogens (tertiary/aromatic N) is 2. The molecule has 1 unspecified atom stereocenters. The van der Waals surface area contributed by atoms with Gasteiger partial charge in [-0.1, -0.05) is 19.9 Å². The van der Waals surface area contributed by atoms with E-state index in [1.807, 2.05) is 50.5 Å². The lowest BCUT2D eigenvalue weighted by Gasteiger charge is -2.33. The molecule has 5 rings (SSSR count). The van der Waals surface area contributed by atoms with Gasteiger partial charge in [-0.15, -0.1) is 0 Å². The zero-order valence-corrected chi connectivity index (χ0v) is 26.4. The van der Waals surface area contributed by atoms with Crippen LogP contribution in [0, 0.1) is 23.2 Å². The summed E-state index contributed by atoms with van der Waals surface area (Å²) in [6.45, 7) is 5.87. The summed E-state index contributed by atoms with van der Waals surface area (Å²) in [7, 11) is 1.59. The number of carbonyl (C=O) groups is 2. The Labute approximate surface area is 264 Å². The summed E-state index contributed by atoms with van der Waals surface area (Å²) in [6.07, 6.45) is 8.44. The van der Waals surface area contributed by atoms with Crippen molar-refractivity contribution in [3.63, 3.8) is 0 Å². The number of nitriles is 1. The fourth-order valence-electron chi connectivity index (χ4n) is 6.50. The molecule has 2 aromatic heterocycles. The van der Waals surface area contributed by atoms with Crippen LogP contribution in [-0.2, 0) is 16.0 Å². The van der Waals surface area contributed by atoms with Gasteiger partial charge in [0.15, 0.2) is 0 Å². The second-order valence-corrected chi connectivity index (χ2v) is 12.6. The van der Waals surface area contributed by atoms with E-state index in [0.717, 1.165) is 48.7 Å². The average molecular weight is 616 g/mol. The quantitative estimate of drug-likeness (QED) is 0.207. The number of methoxy groups -OCH3 is 1. The second kappa shape index (κ2) is 15.3. The van der Waals surface area contributed by atoms with Crippen LogP contribution < -0.4 is 26.0 Å². The standard InChI is InChI=1S/C34H45N7O4/c1-21(2)14-29(41-34(43)30-16-24-26(38-30)8-5-9-32(24)44-3)33(42)40-28(15-22-10-12-37-20-45-19-22)31(17-35)39-27-7-4-6-23-11-13-36-18-25(23)27/h5,8-9,11,13,16,18,21-22,27-29,31,37-39H,4,6-7,10,12,14-15,19-20H2,1-3H3,(H,40,42)(H,41,43)/t22-,27-,28-,29-,31?/m0/s1. The molecule has 0 radical (unpaired) electrons. The van der Waals surface area contributed by atoms with E-state index in [4.69, 9.17) is 9.47 Å². The smallest absolute Gasteiger partial charge is 0.268 e. The highest BCUT2D eigenvalue weighted by atomic mass is 16.5. The van der Waals surface area contributed by atoms with Crippen LogP contribution in [0.1, 0.15) is 73.6 Å². The summed E-state index contributed by atoms with van der Waals surface area (Å²) in [5.41, 5.74) is 3.46.